The number of nitrogens with two attached hydrogens (primary N) is 1. The van der Waals surface area contributed by atoms with Crippen LogP contribution in [0.2, 0.25) is 0 Å². The smallest absolute Gasteiger partial charge is 0.0867 e. The molecule has 13 heavy (non-hydrogen) atoms. The van der Waals surface area contributed by atoms with Gasteiger partial charge in [0.1, 0.15) is 0 Å². The summed E-state index contributed by atoms with van der Waals surface area (Å²) in [6, 6.07) is 14.4. The van der Waals surface area contributed by atoms with Gasteiger partial charge in [0.15, 0.2) is 0 Å². The van der Waals surface area contributed by atoms with Gasteiger partial charge in [0.2, 0.25) is 0 Å². The lowest BCUT2D eigenvalue weighted by Crippen LogP contribution is -2.01. The van der Waals surface area contributed by atoms with Crippen molar-refractivity contribution in [1.29, 1.82) is 0 Å². The van der Waals surface area contributed by atoms with E-state index in [4.69, 9.17) is 5.73 Å². The molecule has 0 amide bonds. The van der Waals surface area contributed by atoms with Gasteiger partial charge in [-0.2, -0.15) is 0 Å². The zero-order chi connectivity index (χ0) is 9.26. The second-order valence-corrected chi connectivity index (χ2v) is 3.96. The first-order chi connectivity index (χ1) is 6.29. The summed E-state index contributed by atoms with van der Waals surface area (Å²) in [5, 5.41) is 2.45. The molecule has 2 rings (SSSR count). The topological polar surface area (TPSA) is 26.0 Å². The van der Waals surface area contributed by atoms with Crippen LogP contribution in [-0.2, 0) is 0 Å². The van der Waals surface area contributed by atoms with E-state index < -0.39 is 0 Å². The van der Waals surface area contributed by atoms with Crippen molar-refractivity contribution in [3.63, 3.8) is 0 Å². The maximum Gasteiger partial charge on any atom is 0.0867 e. The van der Waals surface area contributed by atoms with Gasteiger partial charge in [-0.25, -0.2) is 0 Å². The van der Waals surface area contributed by atoms with Crippen LogP contribution in [0.25, 0.3) is 10.8 Å². The molecule has 2 heteroatoms. The molecule has 2 aromatic carbocycles. The third-order valence-electron chi connectivity index (χ3n) is 2.12. The molecule has 0 aromatic heterocycles. The van der Waals surface area contributed by atoms with Gasteiger partial charge in [0, 0.05) is 0 Å². The van der Waals surface area contributed by atoms with E-state index in [-0.39, 0.29) is 4.95 Å². The van der Waals surface area contributed by atoms with Crippen LogP contribution in [0.3, 0.4) is 0 Å². The van der Waals surface area contributed by atoms with Crippen molar-refractivity contribution in [3.8, 4) is 0 Å². The molecule has 0 heterocycles. The van der Waals surface area contributed by atoms with E-state index in [1.165, 1.54) is 10.8 Å². The molecule has 2 N–H and O–H groups in total. The molecular weight excluding hydrogens is 226 g/mol. The molecule has 2 aromatic rings. The molecule has 0 aliphatic carbocycles. The minimum atomic E-state index is -0.0846. The lowest BCUT2D eigenvalue weighted by atomic mass is 10.1. The molecule has 0 saturated carbocycles. The van der Waals surface area contributed by atoms with Gasteiger partial charge in [-0.1, -0.05) is 58.4 Å². The van der Waals surface area contributed by atoms with Crippen LogP contribution < -0.4 is 5.73 Å². The van der Waals surface area contributed by atoms with Crippen molar-refractivity contribution in [1.82, 2.24) is 0 Å². The van der Waals surface area contributed by atoms with Crippen LogP contribution >= 0.6 is 15.9 Å². The molecule has 0 aliphatic heterocycles. The molecule has 0 spiro atoms. The fraction of sp³-hybridized carbons (Fsp3) is 0.0909. The van der Waals surface area contributed by atoms with E-state index in [9.17, 15) is 0 Å². The van der Waals surface area contributed by atoms with E-state index in [2.05, 4.69) is 34.1 Å². The second-order valence-electron chi connectivity index (χ2n) is 2.97. The Kier molecular flexibility index (Phi) is 2.34. The zero-order valence-corrected chi connectivity index (χ0v) is 8.66. The van der Waals surface area contributed by atoms with Crippen molar-refractivity contribution in [2.24, 2.45) is 5.73 Å². The van der Waals surface area contributed by atoms with Gasteiger partial charge in [0.05, 0.1) is 4.95 Å². The SMILES string of the molecule is NC(Br)c1cccc2ccccc12. The van der Waals surface area contributed by atoms with Crippen LogP contribution in [0.1, 0.15) is 10.5 Å². The summed E-state index contributed by atoms with van der Waals surface area (Å²) in [5.41, 5.74) is 6.93. The van der Waals surface area contributed by atoms with Crippen molar-refractivity contribution in [3.05, 3.63) is 48.0 Å². The Hall–Kier alpha value is -0.860. The molecule has 1 nitrogen and oxygen atoms in total. The van der Waals surface area contributed by atoms with Crippen molar-refractivity contribution < 1.29 is 0 Å². The Morgan fingerprint density at radius 1 is 1.00 bits per heavy atom. The Bertz CT molecular complexity index is 418. The molecule has 66 valence electrons. The normalized spacial score (nSPS) is 13.1. The van der Waals surface area contributed by atoms with Crippen LogP contribution in [0.4, 0.5) is 0 Å². The lowest BCUT2D eigenvalue weighted by molar-refractivity contribution is 1.07. The van der Waals surface area contributed by atoms with E-state index >= 15 is 0 Å². The zero-order valence-electron chi connectivity index (χ0n) is 7.07. The predicted octanol–water partition coefficient (Wildman–Crippen LogP) is 3.19. The summed E-state index contributed by atoms with van der Waals surface area (Å²) < 4.78 is 0. The average molecular weight is 236 g/mol. The van der Waals surface area contributed by atoms with Crippen LogP contribution in [0, 0.1) is 0 Å². The van der Waals surface area contributed by atoms with Gasteiger partial charge < -0.3 is 5.73 Å². The minimum absolute atomic E-state index is 0.0846. The summed E-state index contributed by atoms with van der Waals surface area (Å²) in [5.74, 6) is 0. The second kappa shape index (κ2) is 3.48. The van der Waals surface area contributed by atoms with E-state index in [1.807, 2.05) is 24.3 Å². The molecule has 0 bridgehead atoms. The van der Waals surface area contributed by atoms with Crippen LogP contribution in [0.15, 0.2) is 42.5 Å². The van der Waals surface area contributed by atoms with E-state index in [0.29, 0.717) is 0 Å². The Morgan fingerprint density at radius 3 is 2.46 bits per heavy atom. The summed E-state index contributed by atoms with van der Waals surface area (Å²) in [6.07, 6.45) is 0. The number of benzene rings is 2. The number of halogens is 1. The highest BCUT2D eigenvalue weighted by Gasteiger charge is 2.04. The lowest BCUT2D eigenvalue weighted by Gasteiger charge is -2.07. The molecule has 0 saturated heterocycles. The molecular formula is C11H10BrN. The van der Waals surface area contributed by atoms with Gasteiger partial charge in [-0.3, -0.25) is 0 Å². The molecule has 1 unspecified atom stereocenters. The highest BCUT2D eigenvalue weighted by Crippen LogP contribution is 2.25. The van der Waals surface area contributed by atoms with E-state index in [1.54, 1.807) is 0 Å². The van der Waals surface area contributed by atoms with Crippen molar-refractivity contribution in [2.45, 2.75) is 4.95 Å². The van der Waals surface area contributed by atoms with Gasteiger partial charge in [-0.15, -0.1) is 0 Å². The number of fused-ring (bicyclic) bond motifs is 1. The highest BCUT2D eigenvalue weighted by molar-refractivity contribution is 9.09. The first kappa shape index (κ1) is 8.73. The quantitative estimate of drug-likeness (QED) is 0.597. The summed E-state index contributed by atoms with van der Waals surface area (Å²) in [7, 11) is 0. The Balaban J connectivity index is 2.76. The molecule has 0 fully saturated rings. The van der Waals surface area contributed by atoms with Crippen LogP contribution in [0.5, 0.6) is 0 Å². The maximum atomic E-state index is 5.80. The first-order valence-corrected chi connectivity index (χ1v) is 5.08. The third-order valence-corrected chi connectivity index (χ3v) is 2.61. The summed E-state index contributed by atoms with van der Waals surface area (Å²) in [4.78, 5) is -0.0846. The highest BCUT2D eigenvalue weighted by atomic mass is 79.9. The number of rotatable bonds is 1. The maximum absolute atomic E-state index is 5.80. The predicted molar refractivity (Wildman–Crippen MR) is 59.8 cm³/mol. The largest absolute Gasteiger partial charge is 0.315 e. The van der Waals surface area contributed by atoms with Gasteiger partial charge >= 0.3 is 0 Å². The number of hydrogen-bond donors (Lipinski definition) is 1. The number of alkyl halides is 1. The minimum Gasteiger partial charge on any atom is -0.315 e. The average Bonchev–Trinajstić information content (AvgIpc) is 2.17. The number of hydrogen-bond acceptors (Lipinski definition) is 1. The monoisotopic (exact) mass is 235 g/mol. The van der Waals surface area contributed by atoms with Gasteiger partial charge in [-0.05, 0) is 16.3 Å². The summed E-state index contributed by atoms with van der Waals surface area (Å²) >= 11 is 3.38. The molecule has 0 radical (unpaired) electrons. The molecule has 1 atom stereocenters. The van der Waals surface area contributed by atoms with E-state index in [0.717, 1.165) is 5.56 Å². The van der Waals surface area contributed by atoms with Crippen molar-refractivity contribution in [2.75, 3.05) is 0 Å². The third kappa shape index (κ3) is 1.60. The van der Waals surface area contributed by atoms with Crippen molar-refractivity contribution >= 4 is 26.7 Å². The summed E-state index contributed by atoms with van der Waals surface area (Å²) in [6.45, 7) is 0. The Morgan fingerprint density at radius 2 is 1.69 bits per heavy atom. The first-order valence-electron chi connectivity index (χ1n) is 4.16. The standard InChI is InChI=1S/C11H10BrN/c12-11(13)10-7-3-5-8-4-1-2-6-9(8)10/h1-7,11H,13H2. The fourth-order valence-electron chi connectivity index (χ4n) is 1.49. The van der Waals surface area contributed by atoms with Crippen LogP contribution in [-0.4, -0.2) is 0 Å². The fourth-order valence-corrected chi connectivity index (χ4v) is 1.89. The van der Waals surface area contributed by atoms with Gasteiger partial charge in [0.25, 0.3) is 0 Å². The molecule has 0 aliphatic rings. The Labute approximate surface area is 85.7 Å².